The number of pyridine rings is 1. The minimum Gasteiger partial charge on any atom is -0.485 e. The molecule has 0 radical (unpaired) electrons. The molecule has 4 aromatic rings. The first-order valence-corrected chi connectivity index (χ1v) is 12.2. The van der Waals surface area contributed by atoms with Crippen molar-refractivity contribution in [1.29, 1.82) is 0 Å². The Morgan fingerprint density at radius 3 is 2.64 bits per heavy atom. The number of rotatable bonds is 7. The summed E-state index contributed by atoms with van der Waals surface area (Å²) in [7, 11) is 1.46. The van der Waals surface area contributed by atoms with Crippen LogP contribution in [-0.2, 0) is 17.6 Å². The number of halogens is 5. The van der Waals surface area contributed by atoms with Crippen molar-refractivity contribution >= 4 is 52.2 Å². The van der Waals surface area contributed by atoms with Crippen molar-refractivity contribution in [2.24, 2.45) is 0 Å². The van der Waals surface area contributed by atoms with Crippen LogP contribution in [0.25, 0.3) is 5.65 Å². The Labute approximate surface area is 231 Å². The summed E-state index contributed by atoms with van der Waals surface area (Å²) in [5, 5.41) is 5.11. The molecule has 13 heteroatoms. The number of nitrogens with one attached hydrogen (secondary N) is 2. The largest absolute Gasteiger partial charge is 0.485 e. The highest BCUT2D eigenvalue weighted by molar-refractivity contribution is 6.38. The number of hydrogen-bond donors (Lipinski definition) is 2. The molecule has 0 spiro atoms. The number of imidazole rings is 1. The van der Waals surface area contributed by atoms with E-state index >= 15 is 0 Å². The highest BCUT2D eigenvalue weighted by Crippen LogP contribution is 2.35. The van der Waals surface area contributed by atoms with Gasteiger partial charge in [-0.2, -0.15) is 13.2 Å². The van der Waals surface area contributed by atoms with Gasteiger partial charge in [-0.3, -0.25) is 4.79 Å². The predicted molar refractivity (Wildman–Crippen MR) is 143 cm³/mol. The highest BCUT2D eigenvalue weighted by Gasteiger charge is 2.30. The highest BCUT2D eigenvalue weighted by atomic mass is 35.5. The third kappa shape index (κ3) is 6.55. The number of benzene rings is 2. The van der Waals surface area contributed by atoms with E-state index < -0.39 is 30.2 Å². The third-order valence-electron chi connectivity index (χ3n) is 5.69. The van der Waals surface area contributed by atoms with Crippen molar-refractivity contribution in [2.75, 3.05) is 23.8 Å². The number of hydrogen-bond acceptors (Lipinski definition) is 4. The summed E-state index contributed by atoms with van der Waals surface area (Å²) in [5.41, 5.74) is 1.22. The van der Waals surface area contributed by atoms with Crippen molar-refractivity contribution in [1.82, 2.24) is 14.7 Å². The maximum absolute atomic E-state index is 12.9. The first kappa shape index (κ1) is 28.1. The molecule has 2 aromatic carbocycles. The molecule has 0 aliphatic heterocycles. The second kappa shape index (κ2) is 11.4. The average molecular weight is 580 g/mol. The first-order valence-electron chi connectivity index (χ1n) is 11.5. The van der Waals surface area contributed by atoms with E-state index in [0.717, 1.165) is 23.9 Å². The normalized spacial score (nSPS) is 11.4. The summed E-state index contributed by atoms with van der Waals surface area (Å²) in [6, 6.07) is 9.98. The van der Waals surface area contributed by atoms with Crippen molar-refractivity contribution < 1.29 is 27.5 Å². The molecule has 0 saturated heterocycles. The first-order chi connectivity index (χ1) is 18.4. The molecule has 4 rings (SSSR count). The standard InChI is InChI=1S/C26H22Cl2F3N5O3/c1-15-13-36-10-4-7-21(24(36)33-15)39-14-18-19(27)8-9-20(23(18)28)35(2)22(37)12-32-25(38)34-17-6-3-5-16(11-17)26(29,30)31/h3-11,13H,12,14H2,1-2H3,(H2,32,34,38). The fraction of sp³-hybridized carbons (Fsp3) is 0.192. The molecular weight excluding hydrogens is 558 g/mol. The van der Waals surface area contributed by atoms with Crippen molar-refractivity contribution in [3.05, 3.63) is 87.8 Å². The lowest BCUT2D eigenvalue weighted by Crippen LogP contribution is -2.40. The number of amides is 3. The molecule has 0 bridgehead atoms. The van der Waals surface area contributed by atoms with Gasteiger partial charge in [0.25, 0.3) is 0 Å². The lowest BCUT2D eigenvalue weighted by atomic mass is 10.2. The molecule has 39 heavy (non-hydrogen) atoms. The molecule has 0 aliphatic carbocycles. The SMILES string of the molecule is Cc1cn2cccc(OCc3c(Cl)ccc(N(C)C(=O)CNC(=O)Nc4cccc(C(F)(F)F)c4)c3Cl)c2n1. The van der Waals surface area contributed by atoms with Crippen molar-refractivity contribution in [3.8, 4) is 5.75 Å². The number of ether oxygens (including phenoxy) is 1. The van der Waals surface area contributed by atoms with E-state index in [1.165, 1.54) is 18.0 Å². The van der Waals surface area contributed by atoms with E-state index in [9.17, 15) is 22.8 Å². The van der Waals surface area contributed by atoms with Gasteiger partial charge in [0.1, 0.15) is 6.61 Å². The summed E-state index contributed by atoms with van der Waals surface area (Å²) >= 11 is 13.0. The van der Waals surface area contributed by atoms with E-state index in [1.54, 1.807) is 18.2 Å². The van der Waals surface area contributed by atoms with E-state index in [0.29, 0.717) is 27.7 Å². The van der Waals surface area contributed by atoms with Crippen LogP contribution in [-0.4, -0.2) is 34.9 Å². The zero-order chi connectivity index (χ0) is 28.3. The number of urea groups is 1. The minimum atomic E-state index is -4.56. The number of carbonyl (C=O) groups is 2. The maximum Gasteiger partial charge on any atom is 0.416 e. The summed E-state index contributed by atoms with van der Waals surface area (Å²) < 4.78 is 46.4. The number of aryl methyl sites for hydroxylation is 1. The number of aromatic nitrogens is 2. The summed E-state index contributed by atoms with van der Waals surface area (Å²) in [4.78, 5) is 30.6. The molecule has 0 atom stereocenters. The lowest BCUT2D eigenvalue weighted by Gasteiger charge is -2.21. The van der Waals surface area contributed by atoms with Gasteiger partial charge in [-0.15, -0.1) is 0 Å². The van der Waals surface area contributed by atoms with Crippen LogP contribution in [0.2, 0.25) is 10.0 Å². The van der Waals surface area contributed by atoms with Crippen LogP contribution in [0.4, 0.5) is 29.3 Å². The Bertz CT molecular complexity index is 1540. The number of carbonyl (C=O) groups excluding carboxylic acids is 2. The van der Waals surface area contributed by atoms with Crippen LogP contribution < -0.4 is 20.3 Å². The van der Waals surface area contributed by atoms with Crippen LogP contribution in [0.5, 0.6) is 5.75 Å². The van der Waals surface area contributed by atoms with Gasteiger partial charge >= 0.3 is 12.2 Å². The van der Waals surface area contributed by atoms with Crippen LogP contribution in [0.1, 0.15) is 16.8 Å². The Balaban J connectivity index is 1.40. The van der Waals surface area contributed by atoms with Crippen LogP contribution >= 0.6 is 23.2 Å². The molecule has 2 aromatic heterocycles. The van der Waals surface area contributed by atoms with Crippen LogP contribution in [0.3, 0.4) is 0 Å². The van der Waals surface area contributed by atoms with Gasteiger partial charge in [0, 0.05) is 35.7 Å². The quantitative estimate of drug-likeness (QED) is 0.268. The van der Waals surface area contributed by atoms with Gasteiger partial charge in [0.05, 0.1) is 28.5 Å². The molecule has 2 heterocycles. The summed E-state index contributed by atoms with van der Waals surface area (Å²) in [6.45, 7) is 1.41. The zero-order valence-electron chi connectivity index (χ0n) is 20.6. The summed E-state index contributed by atoms with van der Waals surface area (Å²) in [6.07, 6.45) is -0.852. The molecule has 0 saturated carbocycles. The Kier molecular flexibility index (Phi) is 8.22. The fourth-order valence-corrected chi connectivity index (χ4v) is 4.31. The van der Waals surface area contributed by atoms with Gasteiger partial charge in [-0.25, -0.2) is 9.78 Å². The number of likely N-dealkylation sites (N-methyl/N-ethyl adjacent to an activating group) is 1. The average Bonchev–Trinajstić information content (AvgIpc) is 3.27. The smallest absolute Gasteiger partial charge is 0.416 e. The number of fused-ring (bicyclic) bond motifs is 1. The van der Waals surface area contributed by atoms with E-state index in [1.807, 2.05) is 29.8 Å². The molecule has 8 nitrogen and oxygen atoms in total. The second-order valence-corrected chi connectivity index (χ2v) is 9.26. The van der Waals surface area contributed by atoms with Crippen LogP contribution in [0, 0.1) is 6.92 Å². The van der Waals surface area contributed by atoms with Crippen LogP contribution in [0.15, 0.2) is 60.9 Å². The number of alkyl halides is 3. The molecule has 0 aliphatic rings. The van der Waals surface area contributed by atoms with Crippen molar-refractivity contribution in [2.45, 2.75) is 19.7 Å². The Morgan fingerprint density at radius 2 is 1.90 bits per heavy atom. The zero-order valence-corrected chi connectivity index (χ0v) is 22.2. The van der Waals surface area contributed by atoms with E-state index in [4.69, 9.17) is 27.9 Å². The summed E-state index contributed by atoms with van der Waals surface area (Å²) in [5.74, 6) is -0.0218. The van der Waals surface area contributed by atoms with Gasteiger partial charge in [-0.1, -0.05) is 29.3 Å². The Morgan fingerprint density at radius 1 is 1.13 bits per heavy atom. The maximum atomic E-state index is 12.9. The number of anilines is 2. The topological polar surface area (TPSA) is 88.0 Å². The molecule has 0 fully saturated rings. The third-order valence-corrected chi connectivity index (χ3v) is 6.46. The van der Waals surface area contributed by atoms with Gasteiger partial charge in [0.15, 0.2) is 11.4 Å². The number of nitrogens with zero attached hydrogens (tertiary/aromatic N) is 3. The molecule has 204 valence electrons. The second-order valence-electron chi connectivity index (χ2n) is 8.47. The van der Waals surface area contributed by atoms with E-state index in [2.05, 4.69) is 15.6 Å². The predicted octanol–water partition coefficient (Wildman–Crippen LogP) is 6.33. The van der Waals surface area contributed by atoms with Crippen molar-refractivity contribution in [3.63, 3.8) is 0 Å². The Hall–Kier alpha value is -3.96. The lowest BCUT2D eigenvalue weighted by molar-refractivity contribution is -0.137. The molecular formula is C26H22Cl2F3N5O3. The minimum absolute atomic E-state index is 0.00321. The van der Waals surface area contributed by atoms with Gasteiger partial charge in [-0.05, 0) is 49.4 Å². The monoisotopic (exact) mass is 579 g/mol. The fourth-order valence-electron chi connectivity index (χ4n) is 3.71. The van der Waals surface area contributed by atoms with Gasteiger partial charge in [0.2, 0.25) is 5.91 Å². The molecule has 3 amide bonds. The molecule has 0 unspecified atom stereocenters. The van der Waals surface area contributed by atoms with E-state index in [-0.39, 0.29) is 17.3 Å². The molecule has 2 N–H and O–H groups in total. The van der Waals surface area contributed by atoms with Gasteiger partial charge < -0.3 is 24.7 Å².